The molecule has 0 radical (unpaired) electrons. The first-order valence-electron chi connectivity index (χ1n) is 6.64. The monoisotopic (exact) mass is 255 g/mol. The quantitative estimate of drug-likeness (QED) is 0.608. The number of benzene rings is 1. The van der Waals surface area contributed by atoms with Crippen molar-refractivity contribution in [1.82, 2.24) is 4.98 Å². The minimum atomic E-state index is 0.126. The van der Waals surface area contributed by atoms with E-state index in [0.717, 1.165) is 17.7 Å². The molecule has 3 heteroatoms. The number of nitrogens with zero attached hydrogens (tertiary/aromatic N) is 2. The van der Waals surface area contributed by atoms with Crippen LogP contribution in [0.5, 0.6) is 0 Å². The van der Waals surface area contributed by atoms with Crippen LogP contribution >= 0.6 is 0 Å². The third kappa shape index (κ3) is 3.25. The lowest BCUT2D eigenvalue weighted by Gasteiger charge is -2.07. The zero-order valence-corrected chi connectivity index (χ0v) is 11.4. The van der Waals surface area contributed by atoms with Crippen molar-refractivity contribution in [3.05, 3.63) is 60.2 Å². The molecule has 0 amide bonds. The molecule has 19 heavy (non-hydrogen) atoms. The fourth-order valence-corrected chi connectivity index (χ4v) is 2.03. The lowest BCUT2D eigenvalue weighted by atomic mass is 10.0. The first-order valence-corrected chi connectivity index (χ1v) is 6.64. The van der Waals surface area contributed by atoms with Gasteiger partial charge in [-0.1, -0.05) is 44.2 Å². The molecule has 1 atom stereocenters. The number of rotatable bonds is 5. The Balaban J connectivity index is 2.22. The zero-order chi connectivity index (χ0) is 13.7. The van der Waals surface area contributed by atoms with E-state index in [1.807, 2.05) is 47.3 Å². The second-order valence-corrected chi connectivity index (χ2v) is 4.73. The molecule has 98 valence electrons. The summed E-state index contributed by atoms with van der Waals surface area (Å²) in [5.74, 6) is 0.527. The summed E-state index contributed by atoms with van der Waals surface area (Å²) in [6.07, 6.45) is 6.49. The Labute approximate surface area is 113 Å². The molecule has 2 aromatic rings. The van der Waals surface area contributed by atoms with E-state index in [9.17, 15) is 4.79 Å². The van der Waals surface area contributed by atoms with Gasteiger partial charge < -0.3 is 0 Å². The average molecular weight is 255 g/mol. The second kappa shape index (κ2) is 6.23. The van der Waals surface area contributed by atoms with Gasteiger partial charge in [-0.2, -0.15) is 4.57 Å². The van der Waals surface area contributed by atoms with E-state index in [0.29, 0.717) is 12.5 Å². The van der Waals surface area contributed by atoms with Crippen LogP contribution in [0.3, 0.4) is 0 Å². The van der Waals surface area contributed by atoms with E-state index in [-0.39, 0.29) is 5.78 Å². The number of carbonyl (C=O) groups excluding carboxylic acids is 1. The number of hydrogen-bond acceptors (Lipinski definition) is 2. The van der Waals surface area contributed by atoms with Crippen LogP contribution in [0.2, 0.25) is 0 Å². The zero-order valence-electron chi connectivity index (χ0n) is 11.4. The molecule has 1 unspecified atom stereocenters. The van der Waals surface area contributed by atoms with Crippen LogP contribution in [-0.4, -0.2) is 10.8 Å². The molecular weight excluding hydrogens is 236 g/mol. The molecule has 0 aliphatic heterocycles. The Morgan fingerprint density at radius 1 is 1.32 bits per heavy atom. The Morgan fingerprint density at radius 3 is 2.74 bits per heavy atom. The van der Waals surface area contributed by atoms with E-state index in [1.165, 1.54) is 0 Å². The Bertz CT molecular complexity index is 552. The van der Waals surface area contributed by atoms with Crippen molar-refractivity contribution in [2.45, 2.75) is 32.7 Å². The second-order valence-electron chi connectivity index (χ2n) is 4.73. The highest BCUT2D eigenvalue weighted by atomic mass is 16.1. The van der Waals surface area contributed by atoms with Crippen molar-refractivity contribution in [2.24, 2.45) is 0 Å². The maximum Gasteiger partial charge on any atom is 0.227 e. The van der Waals surface area contributed by atoms with Crippen molar-refractivity contribution in [1.29, 1.82) is 0 Å². The van der Waals surface area contributed by atoms with E-state index >= 15 is 0 Å². The molecule has 1 aromatic heterocycles. The lowest BCUT2D eigenvalue weighted by molar-refractivity contribution is -0.692. The van der Waals surface area contributed by atoms with Crippen LogP contribution in [-0.2, 0) is 6.54 Å². The van der Waals surface area contributed by atoms with Gasteiger partial charge in [0.1, 0.15) is 0 Å². The van der Waals surface area contributed by atoms with Crippen LogP contribution in [0, 0.1) is 0 Å². The summed E-state index contributed by atoms with van der Waals surface area (Å²) in [5.41, 5.74) is 1.86. The molecule has 0 aliphatic carbocycles. The number of aromatic nitrogens is 2. The van der Waals surface area contributed by atoms with Gasteiger partial charge in [0.25, 0.3) is 0 Å². The summed E-state index contributed by atoms with van der Waals surface area (Å²) < 4.78 is 2.00. The van der Waals surface area contributed by atoms with Gasteiger partial charge in [0, 0.05) is 11.5 Å². The Kier molecular flexibility index (Phi) is 4.39. The third-order valence-corrected chi connectivity index (χ3v) is 3.40. The van der Waals surface area contributed by atoms with Crippen LogP contribution < -0.4 is 4.57 Å². The summed E-state index contributed by atoms with van der Waals surface area (Å²) >= 11 is 0. The summed E-state index contributed by atoms with van der Waals surface area (Å²) in [7, 11) is 0. The number of Topliss-reactive ketones (excluding diaryl/α,β-unsaturated/α-hetero) is 1. The van der Waals surface area contributed by atoms with Crippen LogP contribution in [0.4, 0.5) is 0 Å². The molecule has 0 saturated heterocycles. The predicted octanol–water partition coefficient (Wildman–Crippen LogP) is 2.77. The van der Waals surface area contributed by atoms with Crippen LogP contribution in [0.25, 0.3) is 0 Å². The fourth-order valence-electron chi connectivity index (χ4n) is 2.03. The minimum absolute atomic E-state index is 0.126. The molecule has 0 spiro atoms. The minimum Gasteiger partial charge on any atom is -0.287 e. The fraction of sp³-hybridized carbons (Fsp3) is 0.312. The van der Waals surface area contributed by atoms with Gasteiger partial charge >= 0.3 is 0 Å². The number of ketones is 1. The van der Waals surface area contributed by atoms with Crippen molar-refractivity contribution >= 4 is 5.78 Å². The van der Waals surface area contributed by atoms with Gasteiger partial charge in [-0.15, -0.1) is 0 Å². The van der Waals surface area contributed by atoms with E-state index in [2.05, 4.69) is 18.8 Å². The summed E-state index contributed by atoms with van der Waals surface area (Å²) in [5, 5.41) is 0. The van der Waals surface area contributed by atoms with E-state index in [1.54, 1.807) is 6.20 Å². The molecule has 1 heterocycles. The van der Waals surface area contributed by atoms with Crippen molar-refractivity contribution in [2.75, 3.05) is 0 Å². The van der Waals surface area contributed by atoms with Gasteiger partial charge in [0.05, 0.1) is 12.4 Å². The molecule has 1 aromatic carbocycles. The molecule has 0 aliphatic rings. The van der Waals surface area contributed by atoms with Gasteiger partial charge in [0.15, 0.2) is 6.20 Å². The highest BCUT2D eigenvalue weighted by molar-refractivity contribution is 5.94. The summed E-state index contributed by atoms with van der Waals surface area (Å²) in [4.78, 5) is 16.4. The molecular formula is C16H19N2O+. The number of carbonyl (C=O) groups is 1. The highest BCUT2D eigenvalue weighted by Crippen LogP contribution is 2.13. The molecule has 0 saturated carbocycles. The molecule has 2 rings (SSSR count). The molecule has 0 bridgehead atoms. The largest absolute Gasteiger partial charge is 0.287 e. The normalized spacial score (nSPS) is 12.1. The van der Waals surface area contributed by atoms with E-state index in [4.69, 9.17) is 0 Å². The van der Waals surface area contributed by atoms with Crippen molar-refractivity contribution < 1.29 is 9.36 Å². The average Bonchev–Trinajstić information content (AvgIpc) is 2.48. The van der Waals surface area contributed by atoms with Crippen molar-refractivity contribution in [3.8, 4) is 0 Å². The SMILES string of the molecule is CCC(C)c1cncc[n+]1CC(=O)c1ccccc1. The standard InChI is InChI=1S/C16H19N2O/c1-3-13(2)15-11-17-9-10-18(15)12-16(19)14-7-5-4-6-8-14/h4-11,13H,3,12H2,1-2H3/q+1. The number of hydrogen-bond donors (Lipinski definition) is 0. The smallest absolute Gasteiger partial charge is 0.227 e. The first kappa shape index (κ1) is 13.4. The van der Waals surface area contributed by atoms with Crippen molar-refractivity contribution in [3.63, 3.8) is 0 Å². The maximum atomic E-state index is 12.2. The predicted molar refractivity (Wildman–Crippen MR) is 73.9 cm³/mol. The summed E-state index contributed by atoms with van der Waals surface area (Å²) in [6.45, 7) is 4.66. The van der Waals surface area contributed by atoms with Crippen LogP contribution in [0.15, 0.2) is 48.9 Å². The highest BCUT2D eigenvalue weighted by Gasteiger charge is 2.19. The van der Waals surface area contributed by atoms with Gasteiger partial charge in [-0.25, -0.2) is 0 Å². The van der Waals surface area contributed by atoms with Crippen LogP contribution in [0.1, 0.15) is 42.2 Å². The topological polar surface area (TPSA) is 33.8 Å². The molecule has 0 N–H and O–H groups in total. The van der Waals surface area contributed by atoms with Gasteiger partial charge in [-0.3, -0.25) is 9.78 Å². The summed E-state index contributed by atoms with van der Waals surface area (Å²) in [6, 6.07) is 9.40. The first-order chi connectivity index (χ1) is 9.22. The molecule has 3 nitrogen and oxygen atoms in total. The molecule has 0 fully saturated rings. The van der Waals surface area contributed by atoms with Gasteiger partial charge in [-0.05, 0) is 6.42 Å². The Morgan fingerprint density at radius 2 is 2.05 bits per heavy atom. The Hall–Kier alpha value is -2.03. The van der Waals surface area contributed by atoms with E-state index < -0.39 is 0 Å². The third-order valence-electron chi connectivity index (χ3n) is 3.40. The maximum absolute atomic E-state index is 12.2. The van der Waals surface area contributed by atoms with Gasteiger partial charge in [0.2, 0.25) is 18.0 Å². The lowest BCUT2D eigenvalue weighted by Crippen LogP contribution is -2.42.